The van der Waals surface area contributed by atoms with Crippen molar-refractivity contribution in [3.05, 3.63) is 24.0 Å². The van der Waals surface area contributed by atoms with Crippen molar-refractivity contribution in [1.29, 1.82) is 0 Å². The van der Waals surface area contributed by atoms with Gasteiger partial charge in [-0.1, -0.05) is 6.42 Å². The Morgan fingerprint density at radius 3 is 2.95 bits per heavy atom. The number of hydrogen-bond donors (Lipinski definition) is 1. The maximum atomic E-state index is 5.18. The summed E-state index contributed by atoms with van der Waals surface area (Å²) < 4.78 is 7.02. The molecule has 1 aliphatic heterocycles. The summed E-state index contributed by atoms with van der Waals surface area (Å²) in [6.07, 6.45) is 5.81. The summed E-state index contributed by atoms with van der Waals surface area (Å²) in [4.78, 5) is 7.03. The number of nitrogens with zero attached hydrogens (tertiary/aromatic N) is 4. The van der Waals surface area contributed by atoms with Gasteiger partial charge >= 0.3 is 0 Å². The summed E-state index contributed by atoms with van der Waals surface area (Å²) in [5.41, 5.74) is 1.77. The Morgan fingerprint density at radius 2 is 2.14 bits per heavy atom. The van der Waals surface area contributed by atoms with E-state index >= 15 is 0 Å². The number of hydrogen-bond acceptors (Lipinski definition) is 5. The molecule has 0 amide bonds. The molecule has 0 aliphatic carbocycles. The van der Waals surface area contributed by atoms with Crippen LogP contribution in [-0.4, -0.2) is 52.8 Å². The number of rotatable bonds is 6. The number of aromatic nitrogens is 3. The lowest BCUT2D eigenvalue weighted by molar-refractivity contribution is 0.181. The number of piperidine rings is 1. The number of nitrogens with one attached hydrogen (secondary N) is 1. The molecule has 6 nitrogen and oxygen atoms in total. The predicted octanol–water partition coefficient (Wildman–Crippen LogP) is 1.77. The SMILES string of the molecule is COCc1cc(NCCN2CCCCC2)n2nccc2n1. The average Bonchev–Trinajstić information content (AvgIpc) is 2.97. The summed E-state index contributed by atoms with van der Waals surface area (Å²) >= 11 is 0. The van der Waals surface area contributed by atoms with Crippen molar-refractivity contribution in [3.8, 4) is 0 Å². The first kappa shape index (κ1) is 14.3. The molecule has 21 heavy (non-hydrogen) atoms. The zero-order chi connectivity index (χ0) is 14.5. The Balaban J connectivity index is 1.65. The summed E-state index contributed by atoms with van der Waals surface area (Å²) in [5.74, 6) is 0.981. The first-order chi connectivity index (χ1) is 10.4. The van der Waals surface area contributed by atoms with Gasteiger partial charge in [-0.3, -0.25) is 0 Å². The summed E-state index contributed by atoms with van der Waals surface area (Å²) in [5, 5.41) is 7.81. The van der Waals surface area contributed by atoms with Crippen LogP contribution in [0.4, 0.5) is 5.82 Å². The van der Waals surface area contributed by atoms with Crippen LogP contribution in [0.5, 0.6) is 0 Å². The van der Waals surface area contributed by atoms with E-state index in [-0.39, 0.29) is 0 Å². The minimum atomic E-state index is 0.516. The lowest BCUT2D eigenvalue weighted by atomic mass is 10.1. The van der Waals surface area contributed by atoms with Crippen LogP contribution in [0, 0.1) is 0 Å². The molecule has 0 spiro atoms. The predicted molar refractivity (Wildman–Crippen MR) is 82.5 cm³/mol. The van der Waals surface area contributed by atoms with Crippen LogP contribution in [0.25, 0.3) is 5.65 Å². The van der Waals surface area contributed by atoms with Gasteiger partial charge < -0.3 is 15.0 Å². The molecule has 3 heterocycles. The van der Waals surface area contributed by atoms with Gasteiger partial charge in [0.2, 0.25) is 0 Å². The molecule has 3 rings (SSSR count). The Hall–Kier alpha value is -1.66. The normalized spacial score (nSPS) is 16.4. The van der Waals surface area contributed by atoms with E-state index in [1.54, 1.807) is 13.3 Å². The van der Waals surface area contributed by atoms with Gasteiger partial charge in [-0.25, -0.2) is 4.98 Å². The molecular weight excluding hydrogens is 266 g/mol. The number of methoxy groups -OCH3 is 1. The molecule has 2 aromatic heterocycles. The highest BCUT2D eigenvalue weighted by Crippen LogP contribution is 2.13. The van der Waals surface area contributed by atoms with E-state index in [0.717, 1.165) is 30.2 Å². The molecule has 114 valence electrons. The van der Waals surface area contributed by atoms with E-state index < -0.39 is 0 Å². The molecule has 1 saturated heterocycles. The van der Waals surface area contributed by atoms with Gasteiger partial charge in [0.1, 0.15) is 5.82 Å². The van der Waals surface area contributed by atoms with E-state index in [1.807, 2.05) is 16.6 Å². The lowest BCUT2D eigenvalue weighted by Crippen LogP contribution is -2.33. The average molecular weight is 289 g/mol. The Labute approximate surface area is 125 Å². The molecule has 0 atom stereocenters. The molecule has 0 saturated carbocycles. The van der Waals surface area contributed by atoms with Crippen molar-refractivity contribution in [2.24, 2.45) is 0 Å². The number of ether oxygens (including phenoxy) is 1. The monoisotopic (exact) mass is 289 g/mol. The van der Waals surface area contributed by atoms with Gasteiger partial charge in [0.25, 0.3) is 0 Å². The first-order valence-corrected chi connectivity index (χ1v) is 7.65. The van der Waals surface area contributed by atoms with Crippen molar-refractivity contribution in [2.45, 2.75) is 25.9 Å². The smallest absolute Gasteiger partial charge is 0.157 e. The van der Waals surface area contributed by atoms with Crippen LogP contribution in [0.3, 0.4) is 0 Å². The van der Waals surface area contributed by atoms with Gasteiger partial charge in [0.05, 0.1) is 18.5 Å². The Kier molecular flexibility index (Phi) is 4.67. The third-order valence-corrected chi connectivity index (χ3v) is 3.89. The molecule has 0 bridgehead atoms. The minimum absolute atomic E-state index is 0.516. The van der Waals surface area contributed by atoms with Crippen molar-refractivity contribution in [2.75, 3.05) is 38.6 Å². The fourth-order valence-electron chi connectivity index (χ4n) is 2.84. The number of anilines is 1. The van der Waals surface area contributed by atoms with E-state index in [4.69, 9.17) is 4.74 Å². The third-order valence-electron chi connectivity index (χ3n) is 3.89. The van der Waals surface area contributed by atoms with Crippen LogP contribution in [0.15, 0.2) is 18.3 Å². The van der Waals surface area contributed by atoms with Crippen LogP contribution in [-0.2, 0) is 11.3 Å². The van der Waals surface area contributed by atoms with E-state index in [1.165, 1.54) is 32.4 Å². The second-order valence-electron chi connectivity index (χ2n) is 5.50. The molecule has 6 heteroatoms. The second kappa shape index (κ2) is 6.87. The fourth-order valence-corrected chi connectivity index (χ4v) is 2.84. The molecule has 1 aliphatic rings. The number of likely N-dealkylation sites (tertiary alicyclic amines) is 1. The minimum Gasteiger partial charge on any atom is -0.378 e. The van der Waals surface area contributed by atoms with Gasteiger partial charge in [-0.15, -0.1) is 0 Å². The lowest BCUT2D eigenvalue weighted by Gasteiger charge is -2.26. The summed E-state index contributed by atoms with van der Waals surface area (Å²) in [6.45, 7) is 4.97. The van der Waals surface area contributed by atoms with Gasteiger partial charge in [0, 0.05) is 32.3 Å². The molecule has 0 aromatic carbocycles. The Morgan fingerprint density at radius 1 is 1.29 bits per heavy atom. The molecule has 1 N–H and O–H groups in total. The van der Waals surface area contributed by atoms with Gasteiger partial charge in [0.15, 0.2) is 5.65 Å². The zero-order valence-corrected chi connectivity index (χ0v) is 12.6. The Bertz CT molecular complexity index is 576. The number of fused-ring (bicyclic) bond motifs is 1. The van der Waals surface area contributed by atoms with Crippen LogP contribution >= 0.6 is 0 Å². The zero-order valence-electron chi connectivity index (χ0n) is 12.6. The second-order valence-corrected chi connectivity index (χ2v) is 5.50. The molecule has 1 fully saturated rings. The fraction of sp³-hybridized carbons (Fsp3) is 0.600. The van der Waals surface area contributed by atoms with Crippen LogP contribution < -0.4 is 5.32 Å². The summed E-state index contributed by atoms with van der Waals surface area (Å²) in [6, 6.07) is 3.93. The molecule has 0 unspecified atom stereocenters. The molecular formula is C15H23N5O. The molecule has 0 radical (unpaired) electrons. The first-order valence-electron chi connectivity index (χ1n) is 7.65. The van der Waals surface area contributed by atoms with Gasteiger partial charge in [-0.2, -0.15) is 9.61 Å². The van der Waals surface area contributed by atoms with E-state index in [2.05, 4.69) is 20.3 Å². The van der Waals surface area contributed by atoms with Crippen molar-refractivity contribution >= 4 is 11.5 Å². The third kappa shape index (κ3) is 3.51. The highest BCUT2D eigenvalue weighted by molar-refractivity contribution is 5.49. The van der Waals surface area contributed by atoms with Crippen LogP contribution in [0.2, 0.25) is 0 Å². The van der Waals surface area contributed by atoms with Crippen molar-refractivity contribution in [1.82, 2.24) is 19.5 Å². The van der Waals surface area contributed by atoms with E-state index in [0.29, 0.717) is 6.61 Å². The van der Waals surface area contributed by atoms with E-state index in [9.17, 15) is 0 Å². The largest absolute Gasteiger partial charge is 0.378 e. The standard InChI is InChI=1S/C15H23N5O/c1-21-12-13-11-15(20-14(18-13)5-6-17-20)16-7-10-19-8-3-2-4-9-19/h5-6,11,16H,2-4,7-10,12H2,1H3. The van der Waals surface area contributed by atoms with Crippen LogP contribution in [0.1, 0.15) is 25.0 Å². The maximum Gasteiger partial charge on any atom is 0.157 e. The van der Waals surface area contributed by atoms with Crippen molar-refractivity contribution in [3.63, 3.8) is 0 Å². The van der Waals surface area contributed by atoms with Gasteiger partial charge in [-0.05, 0) is 25.9 Å². The highest BCUT2D eigenvalue weighted by atomic mass is 16.5. The van der Waals surface area contributed by atoms with Crippen molar-refractivity contribution < 1.29 is 4.74 Å². The quantitative estimate of drug-likeness (QED) is 0.878. The maximum absolute atomic E-state index is 5.18. The summed E-state index contributed by atoms with van der Waals surface area (Å²) in [7, 11) is 1.69. The molecule has 2 aromatic rings. The topological polar surface area (TPSA) is 54.7 Å². The highest BCUT2D eigenvalue weighted by Gasteiger charge is 2.10.